The van der Waals surface area contributed by atoms with E-state index >= 15 is 0 Å². The second kappa shape index (κ2) is 8.60. The quantitative estimate of drug-likeness (QED) is 0.391. The lowest BCUT2D eigenvalue weighted by molar-refractivity contribution is -0.141. The molecule has 35 heavy (non-hydrogen) atoms. The smallest absolute Gasteiger partial charge is 0.390 e. The van der Waals surface area contributed by atoms with Crippen LogP contribution >= 0.6 is 0 Å². The third-order valence-corrected chi connectivity index (χ3v) is 5.50. The van der Waals surface area contributed by atoms with Gasteiger partial charge in [-0.3, -0.25) is 4.98 Å². The van der Waals surface area contributed by atoms with Crippen LogP contribution in [-0.2, 0) is 12.8 Å². The number of fused-ring (bicyclic) bond motifs is 1. The van der Waals surface area contributed by atoms with E-state index in [0.29, 0.717) is 45.1 Å². The summed E-state index contributed by atoms with van der Waals surface area (Å²) < 4.78 is 42.5. The van der Waals surface area contributed by atoms with Gasteiger partial charge in [-0.25, -0.2) is 14.3 Å². The lowest BCUT2D eigenvalue weighted by Crippen LogP contribution is -2.08. The molecule has 0 saturated heterocycles. The Morgan fingerprint density at radius 2 is 1.86 bits per heavy atom. The van der Waals surface area contributed by atoms with Gasteiger partial charge in [-0.05, 0) is 49.4 Å². The molecule has 5 aromatic rings. The van der Waals surface area contributed by atoms with E-state index < -0.39 is 11.9 Å². The van der Waals surface area contributed by atoms with E-state index in [-0.39, 0.29) is 12.6 Å². The number of aliphatic hydroxyl groups excluding tert-OH is 1. The predicted octanol–water partition coefficient (Wildman–Crippen LogP) is 4.20. The van der Waals surface area contributed by atoms with Crippen molar-refractivity contribution in [3.8, 4) is 22.8 Å². The first-order chi connectivity index (χ1) is 16.7. The molecule has 1 aromatic carbocycles. The predicted molar refractivity (Wildman–Crippen MR) is 123 cm³/mol. The summed E-state index contributed by atoms with van der Waals surface area (Å²) in [7, 11) is 0. The normalized spacial score (nSPS) is 12.9. The van der Waals surface area contributed by atoms with Crippen LogP contribution in [0.1, 0.15) is 30.0 Å². The van der Waals surface area contributed by atoms with E-state index in [2.05, 4.69) is 20.2 Å². The van der Waals surface area contributed by atoms with Gasteiger partial charge >= 0.3 is 6.18 Å². The summed E-state index contributed by atoms with van der Waals surface area (Å²) in [5.41, 5.74) is 8.33. The molecule has 0 bridgehead atoms. The van der Waals surface area contributed by atoms with E-state index in [0.717, 1.165) is 6.07 Å². The number of nitrogens with two attached hydrogens (primary N) is 1. The number of hydrogen-bond acceptors (Lipinski definition) is 6. The monoisotopic (exact) mass is 479 g/mol. The zero-order valence-electron chi connectivity index (χ0n) is 18.5. The van der Waals surface area contributed by atoms with Crippen LogP contribution in [-0.4, -0.2) is 34.6 Å². The minimum Gasteiger partial charge on any atom is -0.390 e. The molecule has 4 heterocycles. The molecule has 8 nitrogen and oxygen atoms in total. The van der Waals surface area contributed by atoms with Gasteiger partial charge in [0, 0.05) is 23.2 Å². The number of halogens is 3. The molecule has 0 radical (unpaired) electrons. The highest BCUT2D eigenvalue weighted by atomic mass is 19.4. The van der Waals surface area contributed by atoms with Crippen LogP contribution in [0.4, 0.5) is 13.2 Å². The second-order valence-electron chi connectivity index (χ2n) is 8.01. The van der Waals surface area contributed by atoms with E-state index in [1.165, 1.54) is 10.9 Å². The summed E-state index contributed by atoms with van der Waals surface area (Å²) in [6.07, 6.45) is -1.77. The Bertz CT molecular complexity index is 1520. The lowest BCUT2D eigenvalue weighted by atomic mass is 10.1. The van der Waals surface area contributed by atoms with Gasteiger partial charge in [0.15, 0.2) is 11.5 Å². The molecular formula is C24H20F3N7O. The van der Waals surface area contributed by atoms with Gasteiger partial charge in [0.05, 0.1) is 41.1 Å². The minimum atomic E-state index is -4.58. The zero-order valence-corrected chi connectivity index (χ0v) is 18.5. The second-order valence-corrected chi connectivity index (χ2v) is 8.01. The van der Waals surface area contributed by atoms with Crippen molar-refractivity contribution in [1.82, 2.24) is 29.5 Å². The fraction of sp³-hybridized carbons (Fsp3) is 0.167. The molecule has 0 fully saturated rings. The molecule has 0 aliphatic carbocycles. The first-order valence-corrected chi connectivity index (χ1v) is 10.7. The molecular weight excluding hydrogens is 459 g/mol. The van der Waals surface area contributed by atoms with E-state index in [1.54, 1.807) is 41.2 Å². The summed E-state index contributed by atoms with van der Waals surface area (Å²) in [4.78, 5) is 9.04. The molecule has 0 spiro atoms. The number of benzene rings is 1. The third-order valence-electron chi connectivity index (χ3n) is 5.50. The maximum absolute atomic E-state index is 13.2. The largest absolute Gasteiger partial charge is 0.435 e. The summed E-state index contributed by atoms with van der Waals surface area (Å²) in [6.45, 7) is 1.57. The molecule has 4 aromatic heterocycles. The van der Waals surface area contributed by atoms with Gasteiger partial charge in [-0.2, -0.15) is 23.4 Å². The number of pyridine rings is 2. The third kappa shape index (κ3) is 4.27. The van der Waals surface area contributed by atoms with Crippen LogP contribution < -0.4 is 5.73 Å². The maximum atomic E-state index is 13.2. The molecule has 178 valence electrons. The van der Waals surface area contributed by atoms with E-state index in [9.17, 15) is 18.3 Å². The first kappa shape index (κ1) is 22.7. The van der Waals surface area contributed by atoms with Crippen LogP contribution in [0, 0.1) is 0 Å². The Kier molecular flexibility index (Phi) is 5.58. The van der Waals surface area contributed by atoms with Crippen molar-refractivity contribution in [1.29, 1.82) is 0 Å². The Balaban J connectivity index is 1.76. The average molecular weight is 479 g/mol. The van der Waals surface area contributed by atoms with Crippen LogP contribution in [0.5, 0.6) is 0 Å². The van der Waals surface area contributed by atoms with Crippen LogP contribution in [0.25, 0.3) is 33.7 Å². The molecule has 1 unspecified atom stereocenters. The molecule has 0 amide bonds. The number of aromatic nitrogens is 6. The Morgan fingerprint density at radius 3 is 2.57 bits per heavy atom. The Labute approximate surface area is 197 Å². The highest BCUT2D eigenvalue weighted by Crippen LogP contribution is 2.33. The van der Waals surface area contributed by atoms with Crippen molar-refractivity contribution in [2.45, 2.75) is 25.7 Å². The van der Waals surface area contributed by atoms with Gasteiger partial charge in [-0.15, -0.1) is 0 Å². The fourth-order valence-corrected chi connectivity index (χ4v) is 3.78. The Hall–Kier alpha value is -4.09. The molecule has 11 heteroatoms. The highest BCUT2D eigenvalue weighted by Gasteiger charge is 2.34. The average Bonchev–Trinajstić information content (AvgIpc) is 3.51. The first-order valence-electron chi connectivity index (χ1n) is 10.7. The topological polar surface area (TPSA) is 108 Å². The Morgan fingerprint density at radius 1 is 1.06 bits per heavy atom. The van der Waals surface area contributed by atoms with Crippen molar-refractivity contribution >= 4 is 10.9 Å². The van der Waals surface area contributed by atoms with Crippen molar-refractivity contribution in [3.63, 3.8) is 0 Å². The molecule has 0 aliphatic rings. The molecule has 0 aliphatic heterocycles. The highest BCUT2D eigenvalue weighted by molar-refractivity contribution is 5.92. The van der Waals surface area contributed by atoms with Gasteiger partial charge in [0.25, 0.3) is 0 Å². The molecule has 0 saturated carbocycles. The fourth-order valence-electron chi connectivity index (χ4n) is 3.78. The number of hydrogen-bond donors (Lipinski definition) is 2. The van der Waals surface area contributed by atoms with Crippen LogP contribution in [0.15, 0.2) is 67.0 Å². The lowest BCUT2D eigenvalue weighted by Gasteiger charge is -2.12. The van der Waals surface area contributed by atoms with E-state index in [4.69, 9.17) is 5.73 Å². The van der Waals surface area contributed by atoms with Gasteiger partial charge in [0.2, 0.25) is 0 Å². The van der Waals surface area contributed by atoms with Crippen molar-refractivity contribution in [2.75, 3.05) is 0 Å². The maximum Gasteiger partial charge on any atom is 0.435 e. The molecule has 3 N–H and O–H groups in total. The molecule has 5 rings (SSSR count). The van der Waals surface area contributed by atoms with Gasteiger partial charge in [0.1, 0.15) is 0 Å². The standard InChI is InChI=1S/C24H20F3N7O/c1-14(28)18-5-3-6-19(31-18)15-10-20(33-9-8-22(32-33)24(25,26)27)17-12-29-34(21(17)11-15)23-7-2-4-16(13-35)30-23/h2-12,14,35H,13,28H2,1H3. The summed E-state index contributed by atoms with van der Waals surface area (Å²) in [5, 5.41) is 18.2. The van der Waals surface area contributed by atoms with Crippen LogP contribution in [0.2, 0.25) is 0 Å². The zero-order chi connectivity index (χ0) is 24.7. The molecule has 1 atom stereocenters. The van der Waals surface area contributed by atoms with Crippen molar-refractivity contribution in [3.05, 3.63) is 84.1 Å². The number of rotatable bonds is 5. The van der Waals surface area contributed by atoms with Gasteiger partial charge < -0.3 is 10.8 Å². The van der Waals surface area contributed by atoms with Gasteiger partial charge in [-0.1, -0.05) is 12.1 Å². The minimum absolute atomic E-state index is 0.245. The summed E-state index contributed by atoms with van der Waals surface area (Å²) in [5.74, 6) is 0.448. The summed E-state index contributed by atoms with van der Waals surface area (Å²) in [6, 6.07) is 14.7. The van der Waals surface area contributed by atoms with E-state index in [1.807, 2.05) is 25.1 Å². The summed E-state index contributed by atoms with van der Waals surface area (Å²) >= 11 is 0. The number of aliphatic hydroxyl groups is 1. The van der Waals surface area contributed by atoms with Crippen molar-refractivity contribution in [2.24, 2.45) is 5.73 Å². The SMILES string of the molecule is CC(N)c1cccc(-c2cc(-n3ccc(C(F)(F)F)n3)c3cnn(-c4cccc(CO)n4)c3c2)n1. The van der Waals surface area contributed by atoms with Crippen molar-refractivity contribution < 1.29 is 18.3 Å². The van der Waals surface area contributed by atoms with Crippen LogP contribution in [0.3, 0.4) is 0 Å². The number of alkyl halides is 3. The number of nitrogens with zero attached hydrogens (tertiary/aromatic N) is 6.